The van der Waals surface area contributed by atoms with Gasteiger partial charge >= 0.3 is 0 Å². The van der Waals surface area contributed by atoms with E-state index in [1.165, 1.54) is 76.6 Å². The lowest BCUT2D eigenvalue weighted by atomic mass is 10.1. The van der Waals surface area contributed by atoms with Crippen molar-refractivity contribution in [3.05, 3.63) is 29.8 Å². The topological polar surface area (TPSA) is 12.5 Å². The lowest BCUT2D eigenvalue weighted by Gasteiger charge is -2.17. The molecule has 1 aromatic carbocycles. The number of hydrogen-bond donors (Lipinski definition) is 0. The molecular formula is C21H37NO. The van der Waals surface area contributed by atoms with Gasteiger partial charge in [0.2, 0.25) is 0 Å². The first-order chi connectivity index (χ1) is 11.3. The van der Waals surface area contributed by atoms with Crippen LogP contribution in [0.2, 0.25) is 0 Å². The zero-order valence-corrected chi connectivity index (χ0v) is 15.7. The highest BCUT2D eigenvalue weighted by Crippen LogP contribution is 2.13. The summed E-state index contributed by atoms with van der Waals surface area (Å²) < 4.78 is 5.76. The summed E-state index contributed by atoms with van der Waals surface area (Å²) in [4.78, 5) is 2.52. The van der Waals surface area contributed by atoms with Crippen LogP contribution in [0.15, 0.2) is 24.3 Å². The van der Waals surface area contributed by atoms with Crippen molar-refractivity contribution in [2.45, 2.75) is 72.1 Å². The number of hydrogen-bond acceptors (Lipinski definition) is 2. The molecule has 23 heavy (non-hydrogen) atoms. The second-order valence-electron chi connectivity index (χ2n) is 6.52. The van der Waals surface area contributed by atoms with Crippen molar-refractivity contribution in [1.29, 1.82) is 0 Å². The van der Waals surface area contributed by atoms with Crippen LogP contribution in [0.4, 0.5) is 0 Å². The Morgan fingerprint density at radius 1 is 0.739 bits per heavy atom. The number of nitrogens with zero attached hydrogens (tertiary/aromatic N) is 1. The molecule has 0 atom stereocenters. The van der Waals surface area contributed by atoms with Crippen LogP contribution in [0, 0.1) is 6.92 Å². The van der Waals surface area contributed by atoms with Crippen LogP contribution in [-0.4, -0.2) is 31.1 Å². The Balaban J connectivity index is 1.84. The predicted octanol–water partition coefficient (Wildman–Crippen LogP) is 5.84. The van der Waals surface area contributed by atoms with Crippen molar-refractivity contribution in [2.75, 3.05) is 26.2 Å². The molecule has 0 saturated carbocycles. The summed E-state index contributed by atoms with van der Waals surface area (Å²) in [6, 6.07) is 8.34. The maximum Gasteiger partial charge on any atom is 0.119 e. The smallest absolute Gasteiger partial charge is 0.119 e. The van der Waals surface area contributed by atoms with Crippen molar-refractivity contribution in [1.82, 2.24) is 4.90 Å². The average molecular weight is 320 g/mol. The summed E-state index contributed by atoms with van der Waals surface area (Å²) in [6.07, 6.45) is 10.8. The minimum Gasteiger partial charge on any atom is -0.494 e. The van der Waals surface area contributed by atoms with E-state index in [-0.39, 0.29) is 0 Å². The normalized spacial score (nSPS) is 11.1. The van der Waals surface area contributed by atoms with Crippen LogP contribution >= 0.6 is 0 Å². The molecule has 0 heterocycles. The highest BCUT2D eigenvalue weighted by Gasteiger charge is 1.98. The minimum atomic E-state index is 0.854. The average Bonchev–Trinajstić information content (AvgIpc) is 2.58. The molecule has 0 aliphatic carbocycles. The van der Waals surface area contributed by atoms with Gasteiger partial charge in [0.25, 0.3) is 0 Å². The molecule has 2 heteroatoms. The van der Waals surface area contributed by atoms with Gasteiger partial charge in [-0.1, -0.05) is 70.1 Å². The third-order valence-corrected chi connectivity index (χ3v) is 4.55. The van der Waals surface area contributed by atoms with Crippen molar-refractivity contribution in [3.63, 3.8) is 0 Å². The van der Waals surface area contributed by atoms with Gasteiger partial charge in [-0.3, -0.25) is 0 Å². The predicted molar refractivity (Wildman–Crippen MR) is 101 cm³/mol. The Morgan fingerprint density at radius 2 is 1.26 bits per heavy atom. The maximum absolute atomic E-state index is 5.76. The lowest BCUT2D eigenvalue weighted by molar-refractivity contribution is 0.294. The summed E-state index contributed by atoms with van der Waals surface area (Å²) in [7, 11) is 0. The van der Waals surface area contributed by atoms with E-state index in [1.54, 1.807) is 0 Å². The molecule has 0 saturated heterocycles. The van der Waals surface area contributed by atoms with Crippen LogP contribution in [0.5, 0.6) is 5.75 Å². The molecule has 1 aromatic rings. The number of rotatable bonds is 14. The van der Waals surface area contributed by atoms with Crippen LogP contribution < -0.4 is 4.74 Å². The molecule has 1 rings (SSSR count). The fourth-order valence-electron chi connectivity index (χ4n) is 2.86. The van der Waals surface area contributed by atoms with Gasteiger partial charge in [0.05, 0.1) is 6.61 Å². The number of unbranched alkanes of at least 4 members (excludes halogenated alkanes) is 7. The van der Waals surface area contributed by atoms with Gasteiger partial charge in [-0.15, -0.1) is 0 Å². The zero-order chi connectivity index (χ0) is 16.8. The molecule has 0 unspecified atom stereocenters. The Hall–Kier alpha value is -1.02. The van der Waals surface area contributed by atoms with Gasteiger partial charge in [-0.05, 0) is 51.5 Å². The number of aryl methyl sites for hydroxylation is 1. The highest BCUT2D eigenvalue weighted by molar-refractivity contribution is 5.26. The fraction of sp³-hybridized carbons (Fsp3) is 0.714. The molecule has 0 aliphatic heterocycles. The van der Waals surface area contributed by atoms with Crippen LogP contribution in [-0.2, 0) is 0 Å². The Bertz CT molecular complexity index is 370. The van der Waals surface area contributed by atoms with E-state index in [1.807, 2.05) is 0 Å². The van der Waals surface area contributed by atoms with E-state index < -0.39 is 0 Å². The molecule has 132 valence electrons. The fourth-order valence-corrected chi connectivity index (χ4v) is 2.86. The van der Waals surface area contributed by atoms with Gasteiger partial charge in [-0.2, -0.15) is 0 Å². The molecule has 0 fully saturated rings. The van der Waals surface area contributed by atoms with E-state index >= 15 is 0 Å². The quantitative estimate of drug-likeness (QED) is 0.400. The summed E-state index contributed by atoms with van der Waals surface area (Å²) in [5.74, 6) is 1.00. The van der Waals surface area contributed by atoms with Gasteiger partial charge in [-0.25, -0.2) is 0 Å². The van der Waals surface area contributed by atoms with Crippen LogP contribution in [0.25, 0.3) is 0 Å². The van der Waals surface area contributed by atoms with Gasteiger partial charge in [0, 0.05) is 0 Å². The van der Waals surface area contributed by atoms with Crippen LogP contribution in [0.3, 0.4) is 0 Å². The molecule has 0 spiro atoms. The zero-order valence-electron chi connectivity index (χ0n) is 15.7. The first-order valence-corrected chi connectivity index (χ1v) is 9.68. The molecule has 0 amide bonds. The first kappa shape index (κ1) is 20.0. The molecule has 0 aliphatic rings. The molecule has 2 nitrogen and oxygen atoms in total. The molecular weight excluding hydrogens is 282 g/mol. The van der Waals surface area contributed by atoms with Crippen molar-refractivity contribution < 1.29 is 4.74 Å². The third-order valence-electron chi connectivity index (χ3n) is 4.55. The summed E-state index contributed by atoms with van der Waals surface area (Å²) in [6.45, 7) is 11.1. The van der Waals surface area contributed by atoms with E-state index in [0.717, 1.165) is 12.4 Å². The minimum absolute atomic E-state index is 0.854. The first-order valence-electron chi connectivity index (χ1n) is 9.68. The maximum atomic E-state index is 5.76. The highest BCUT2D eigenvalue weighted by atomic mass is 16.5. The largest absolute Gasteiger partial charge is 0.494 e. The Kier molecular flexibility index (Phi) is 11.7. The van der Waals surface area contributed by atoms with Crippen molar-refractivity contribution in [3.8, 4) is 5.75 Å². The van der Waals surface area contributed by atoms with E-state index in [9.17, 15) is 0 Å². The van der Waals surface area contributed by atoms with Crippen molar-refractivity contribution >= 4 is 0 Å². The van der Waals surface area contributed by atoms with Gasteiger partial charge in [0.1, 0.15) is 5.75 Å². The lowest BCUT2D eigenvalue weighted by Crippen LogP contribution is -2.23. The van der Waals surface area contributed by atoms with E-state index in [2.05, 4.69) is 49.9 Å². The summed E-state index contributed by atoms with van der Waals surface area (Å²) in [5, 5.41) is 0. The molecule has 0 radical (unpaired) electrons. The molecule has 0 bridgehead atoms. The second-order valence-corrected chi connectivity index (χ2v) is 6.52. The summed E-state index contributed by atoms with van der Waals surface area (Å²) >= 11 is 0. The number of ether oxygens (including phenoxy) is 1. The monoisotopic (exact) mass is 319 g/mol. The standard InChI is InChI=1S/C21H37NO/c1-4-22(5-2)18-12-10-8-6-7-9-11-13-19-23-21-16-14-20(3)15-17-21/h14-17H,4-13,18-19H2,1-3H3. The molecule has 0 N–H and O–H groups in total. The Labute approximate surface area is 144 Å². The summed E-state index contributed by atoms with van der Waals surface area (Å²) in [5.41, 5.74) is 1.29. The van der Waals surface area contributed by atoms with E-state index in [4.69, 9.17) is 4.74 Å². The molecule has 0 aromatic heterocycles. The third kappa shape index (κ3) is 10.4. The van der Waals surface area contributed by atoms with Gasteiger partial charge < -0.3 is 9.64 Å². The van der Waals surface area contributed by atoms with E-state index in [0.29, 0.717) is 0 Å². The van der Waals surface area contributed by atoms with Crippen LogP contribution in [0.1, 0.15) is 70.8 Å². The Morgan fingerprint density at radius 3 is 1.83 bits per heavy atom. The van der Waals surface area contributed by atoms with Gasteiger partial charge in [0.15, 0.2) is 0 Å². The van der Waals surface area contributed by atoms with Crippen molar-refractivity contribution in [2.24, 2.45) is 0 Å². The second kappa shape index (κ2) is 13.4. The number of benzene rings is 1. The SMILES string of the molecule is CCN(CC)CCCCCCCCCCOc1ccc(C)cc1.